The predicted molar refractivity (Wildman–Crippen MR) is 133 cm³/mol. The van der Waals surface area contributed by atoms with Crippen molar-refractivity contribution in [3.63, 3.8) is 0 Å². The quantitative estimate of drug-likeness (QED) is 0.262. The Balaban J connectivity index is 1.31. The summed E-state index contributed by atoms with van der Waals surface area (Å²) >= 11 is 0. The molecule has 2 aliphatic heterocycles. The summed E-state index contributed by atoms with van der Waals surface area (Å²) in [6.45, 7) is 1.36. The number of nitrogens with one attached hydrogen (secondary N) is 2. The van der Waals surface area contributed by atoms with Crippen LogP contribution in [-0.2, 0) is 4.79 Å². The number of carbonyl (C=O) groups excluding carboxylic acids is 1. The maximum absolute atomic E-state index is 10.9. The molecule has 0 amide bonds. The van der Waals surface area contributed by atoms with Gasteiger partial charge in [0, 0.05) is 54.6 Å². The van der Waals surface area contributed by atoms with Crippen LogP contribution in [-0.4, -0.2) is 64.1 Å². The molecule has 9 nitrogen and oxygen atoms in total. The van der Waals surface area contributed by atoms with E-state index in [1.54, 1.807) is 36.5 Å². The standard InChI is InChI=1S/C26H30N6O3/c27-22(21-3-1-2-4-24(21)34)12-23(26(28)29)31-13-18-5-6-19(14-31)32(18)17-7-8-30-25(11-17)35-20-9-16(10-20)15-33/h1-4,7-8,11-12,15-16,18-20,27,34H,5-6,9-10,13-14H2,(H3,28,29)/b23-12+,27-22?/t16-,18?,19?,20-. The second-order valence-corrected chi connectivity index (χ2v) is 9.53. The van der Waals surface area contributed by atoms with Gasteiger partial charge in [0.05, 0.1) is 11.4 Å². The summed E-state index contributed by atoms with van der Waals surface area (Å²) < 4.78 is 5.99. The van der Waals surface area contributed by atoms with Crippen LogP contribution >= 0.6 is 0 Å². The number of fused-ring (bicyclic) bond motifs is 2. The minimum absolute atomic E-state index is 0.0285. The maximum Gasteiger partial charge on any atom is 0.215 e. The lowest BCUT2D eigenvalue weighted by atomic mass is 9.83. The molecule has 3 heterocycles. The van der Waals surface area contributed by atoms with E-state index < -0.39 is 0 Å². The Morgan fingerprint density at radius 3 is 2.51 bits per heavy atom. The van der Waals surface area contributed by atoms with Gasteiger partial charge in [0.25, 0.3) is 0 Å². The number of aldehydes is 1. The Kier molecular flexibility index (Phi) is 6.15. The molecule has 35 heavy (non-hydrogen) atoms. The molecule has 5 rings (SSSR count). The molecule has 1 aliphatic carbocycles. The van der Waals surface area contributed by atoms with Crippen molar-refractivity contribution in [2.24, 2.45) is 11.7 Å². The van der Waals surface area contributed by atoms with E-state index >= 15 is 0 Å². The highest BCUT2D eigenvalue weighted by atomic mass is 16.5. The van der Waals surface area contributed by atoms with Gasteiger partial charge in [-0.3, -0.25) is 5.41 Å². The molecule has 2 bridgehead atoms. The van der Waals surface area contributed by atoms with Crippen molar-refractivity contribution in [3.05, 3.63) is 59.9 Å². The number of hydrogen-bond acceptors (Lipinski definition) is 8. The Bertz CT molecular complexity index is 1160. The molecule has 3 aliphatic rings. The van der Waals surface area contributed by atoms with Gasteiger partial charge in [-0.2, -0.15) is 0 Å². The van der Waals surface area contributed by atoms with Crippen LogP contribution in [0.5, 0.6) is 11.6 Å². The highest BCUT2D eigenvalue weighted by Crippen LogP contribution is 2.37. The molecule has 2 aromatic rings. The third-order valence-electron chi connectivity index (χ3n) is 7.20. The van der Waals surface area contributed by atoms with Gasteiger partial charge in [0.1, 0.15) is 24.0 Å². The number of aromatic hydroxyl groups is 1. The number of phenols is 1. The molecule has 2 unspecified atom stereocenters. The third-order valence-corrected chi connectivity index (χ3v) is 7.20. The molecule has 0 radical (unpaired) electrons. The Morgan fingerprint density at radius 1 is 1.14 bits per heavy atom. The predicted octanol–water partition coefficient (Wildman–Crippen LogP) is 2.68. The van der Waals surface area contributed by atoms with Crippen molar-refractivity contribution < 1.29 is 14.6 Å². The molecule has 1 aromatic heterocycles. The van der Waals surface area contributed by atoms with Crippen LogP contribution in [0.1, 0.15) is 31.2 Å². The average Bonchev–Trinajstić information content (AvgIpc) is 3.09. The molecule has 5 N–H and O–H groups in total. The number of benzene rings is 1. The first-order valence-corrected chi connectivity index (χ1v) is 12.0. The summed E-state index contributed by atoms with van der Waals surface area (Å²) in [6, 6.07) is 11.1. The van der Waals surface area contributed by atoms with Gasteiger partial charge < -0.3 is 35.6 Å². The number of aromatic nitrogens is 1. The normalized spacial score (nSPS) is 25.7. The molecule has 1 aromatic carbocycles. The van der Waals surface area contributed by atoms with Crippen molar-refractivity contribution >= 4 is 23.5 Å². The minimum atomic E-state index is -0.0910. The summed E-state index contributed by atoms with van der Waals surface area (Å²) in [6.07, 6.45) is 7.91. The summed E-state index contributed by atoms with van der Waals surface area (Å²) in [7, 11) is 0. The van der Waals surface area contributed by atoms with E-state index in [1.807, 2.05) is 12.1 Å². The van der Waals surface area contributed by atoms with Crippen LogP contribution in [0.2, 0.25) is 0 Å². The third kappa shape index (κ3) is 4.58. The minimum Gasteiger partial charge on any atom is -0.507 e. The van der Waals surface area contributed by atoms with Crippen molar-refractivity contribution in [2.45, 2.75) is 43.9 Å². The highest BCUT2D eigenvalue weighted by Gasteiger charge is 2.41. The number of para-hydroxylation sites is 1. The van der Waals surface area contributed by atoms with E-state index in [-0.39, 0.29) is 41.4 Å². The number of anilines is 1. The summed E-state index contributed by atoms with van der Waals surface area (Å²) in [5.41, 5.74) is 8.03. The molecule has 182 valence electrons. The van der Waals surface area contributed by atoms with E-state index in [2.05, 4.69) is 14.8 Å². The zero-order chi connectivity index (χ0) is 24.5. The van der Waals surface area contributed by atoms with Crippen molar-refractivity contribution in [3.8, 4) is 11.6 Å². The smallest absolute Gasteiger partial charge is 0.215 e. The zero-order valence-electron chi connectivity index (χ0n) is 19.4. The number of hydrogen-bond donors (Lipinski definition) is 4. The SMILES string of the molecule is N=C(N)/C(=C\C(=N)c1ccccc1O)N1CC2CCC(C1)N2c1ccnc(O[C@H]2C[C@H](C=O)C2)c1. The lowest BCUT2D eigenvalue weighted by molar-refractivity contribution is -0.116. The zero-order valence-corrected chi connectivity index (χ0v) is 19.4. The molecule has 9 heteroatoms. The van der Waals surface area contributed by atoms with E-state index in [9.17, 15) is 9.90 Å². The van der Waals surface area contributed by atoms with Gasteiger partial charge in [0.2, 0.25) is 5.88 Å². The summed E-state index contributed by atoms with van der Waals surface area (Å²) in [5.74, 6) is 0.620. The number of likely N-dealkylation sites (tertiary alicyclic amines) is 1. The molecular formula is C26H30N6O3. The number of amidine groups is 1. The number of allylic oxidation sites excluding steroid dienone is 1. The number of nitrogens with zero attached hydrogens (tertiary/aromatic N) is 3. The Hall–Kier alpha value is -3.88. The van der Waals surface area contributed by atoms with Crippen LogP contribution in [0, 0.1) is 16.7 Å². The highest BCUT2D eigenvalue weighted by molar-refractivity contribution is 6.12. The van der Waals surface area contributed by atoms with E-state index in [4.69, 9.17) is 21.3 Å². The largest absolute Gasteiger partial charge is 0.507 e. The monoisotopic (exact) mass is 474 g/mol. The van der Waals surface area contributed by atoms with Gasteiger partial charge in [0.15, 0.2) is 0 Å². The van der Waals surface area contributed by atoms with Gasteiger partial charge in [-0.25, -0.2) is 4.98 Å². The van der Waals surface area contributed by atoms with Crippen LogP contribution in [0.4, 0.5) is 5.69 Å². The fourth-order valence-corrected chi connectivity index (χ4v) is 5.38. The van der Waals surface area contributed by atoms with E-state index in [0.717, 1.165) is 37.7 Å². The number of pyridine rings is 1. The number of piperazine rings is 1. The van der Waals surface area contributed by atoms with Crippen LogP contribution in [0.3, 0.4) is 0 Å². The van der Waals surface area contributed by atoms with Crippen LogP contribution < -0.4 is 15.4 Å². The van der Waals surface area contributed by atoms with E-state index in [0.29, 0.717) is 30.2 Å². The van der Waals surface area contributed by atoms with Crippen LogP contribution in [0.15, 0.2) is 54.4 Å². The lowest BCUT2D eigenvalue weighted by Gasteiger charge is -2.44. The van der Waals surface area contributed by atoms with Crippen LogP contribution in [0.25, 0.3) is 0 Å². The lowest BCUT2D eigenvalue weighted by Crippen LogP contribution is -2.54. The Labute approximate surface area is 204 Å². The fraction of sp³-hybridized carbons (Fsp3) is 0.385. The Morgan fingerprint density at radius 2 is 1.86 bits per heavy atom. The number of phenolic OH excluding ortho intramolecular Hbond substituents is 1. The number of nitrogens with two attached hydrogens (primary N) is 1. The number of ether oxygens (including phenoxy) is 1. The molecule has 3 fully saturated rings. The van der Waals surface area contributed by atoms with Crippen molar-refractivity contribution in [2.75, 3.05) is 18.0 Å². The summed E-state index contributed by atoms with van der Waals surface area (Å²) in [5, 5.41) is 26.7. The van der Waals surface area contributed by atoms with Gasteiger partial charge in [-0.05, 0) is 50.0 Å². The maximum atomic E-state index is 10.9. The van der Waals surface area contributed by atoms with Gasteiger partial charge >= 0.3 is 0 Å². The first-order chi connectivity index (χ1) is 16.9. The van der Waals surface area contributed by atoms with Gasteiger partial charge in [-0.15, -0.1) is 0 Å². The molecule has 2 atom stereocenters. The number of rotatable bonds is 8. The number of carbonyl (C=O) groups is 1. The summed E-state index contributed by atoms with van der Waals surface area (Å²) in [4.78, 5) is 19.7. The molecule has 2 saturated heterocycles. The second-order valence-electron chi connectivity index (χ2n) is 9.53. The topological polar surface area (TPSA) is 140 Å². The molecule has 1 saturated carbocycles. The van der Waals surface area contributed by atoms with E-state index in [1.165, 1.54) is 0 Å². The first kappa shape index (κ1) is 22.9. The fourth-order valence-electron chi connectivity index (χ4n) is 5.38. The average molecular weight is 475 g/mol. The van der Waals surface area contributed by atoms with Gasteiger partial charge in [-0.1, -0.05) is 12.1 Å². The second kappa shape index (κ2) is 9.40. The molecular weight excluding hydrogens is 444 g/mol. The van der Waals surface area contributed by atoms with Crippen molar-refractivity contribution in [1.29, 1.82) is 10.8 Å². The first-order valence-electron chi connectivity index (χ1n) is 12.0. The van der Waals surface area contributed by atoms with Crippen molar-refractivity contribution in [1.82, 2.24) is 9.88 Å². The molecule has 0 spiro atoms.